The summed E-state index contributed by atoms with van der Waals surface area (Å²) in [5, 5.41) is 17.3. The predicted octanol–water partition coefficient (Wildman–Crippen LogP) is 0.907. The van der Waals surface area contributed by atoms with Crippen molar-refractivity contribution < 1.29 is 8.42 Å². The summed E-state index contributed by atoms with van der Waals surface area (Å²) in [6, 6.07) is 3.56. The van der Waals surface area contributed by atoms with Crippen LogP contribution < -0.4 is 0 Å². The quantitative estimate of drug-likeness (QED) is 0.650. The van der Waals surface area contributed by atoms with E-state index in [0.717, 1.165) is 6.26 Å². The molecule has 0 aromatic carbocycles. The molecule has 0 aliphatic heterocycles. The molecule has 0 saturated carbocycles. The molecular formula is C9H11N3O2S. The van der Waals surface area contributed by atoms with Gasteiger partial charge in [-0.2, -0.15) is 10.5 Å². The highest BCUT2D eigenvalue weighted by molar-refractivity contribution is 7.92. The van der Waals surface area contributed by atoms with Gasteiger partial charge in [0.25, 0.3) is 0 Å². The van der Waals surface area contributed by atoms with Gasteiger partial charge < -0.3 is 4.85 Å². The maximum absolute atomic E-state index is 11.5. The van der Waals surface area contributed by atoms with E-state index in [1.165, 1.54) is 0 Å². The molecule has 0 spiro atoms. The molecule has 5 nitrogen and oxygen atoms in total. The van der Waals surface area contributed by atoms with Gasteiger partial charge in [0.1, 0.15) is 0 Å². The van der Waals surface area contributed by atoms with Gasteiger partial charge in [0, 0.05) is 12.7 Å². The molecule has 1 atom stereocenters. The van der Waals surface area contributed by atoms with Crippen LogP contribution in [-0.4, -0.2) is 26.0 Å². The van der Waals surface area contributed by atoms with E-state index in [0.29, 0.717) is 0 Å². The zero-order chi connectivity index (χ0) is 11.9. The third kappa shape index (κ3) is 3.23. The molecule has 0 aromatic rings. The van der Waals surface area contributed by atoms with Gasteiger partial charge in [0.15, 0.2) is 14.6 Å². The lowest BCUT2D eigenvalue weighted by Gasteiger charge is -2.20. The third-order valence-electron chi connectivity index (χ3n) is 2.18. The Balaban J connectivity index is 5.09. The first kappa shape index (κ1) is 13.4. The third-order valence-corrected chi connectivity index (χ3v) is 4.10. The Morgan fingerprint density at radius 1 is 1.40 bits per heavy atom. The van der Waals surface area contributed by atoms with Crippen molar-refractivity contribution in [2.75, 3.05) is 12.8 Å². The van der Waals surface area contributed by atoms with Crippen molar-refractivity contribution in [3.05, 3.63) is 11.4 Å². The van der Waals surface area contributed by atoms with Crippen LogP contribution in [0.4, 0.5) is 0 Å². The minimum absolute atomic E-state index is 0.00136. The summed E-state index contributed by atoms with van der Waals surface area (Å²) in [5.41, 5.74) is 0. The average Bonchev–Trinajstić information content (AvgIpc) is 2.17. The minimum Gasteiger partial charge on any atom is -0.317 e. The fourth-order valence-corrected chi connectivity index (χ4v) is 2.29. The van der Waals surface area contributed by atoms with Crippen LogP contribution in [0.15, 0.2) is 0 Å². The average molecular weight is 225 g/mol. The maximum Gasteiger partial charge on any atom is 0.217 e. The molecule has 0 saturated heterocycles. The molecule has 0 rings (SSSR count). The molecule has 80 valence electrons. The lowest BCUT2D eigenvalue weighted by molar-refractivity contribution is 0.535. The molecule has 1 unspecified atom stereocenters. The van der Waals surface area contributed by atoms with Crippen LogP contribution in [0.25, 0.3) is 4.85 Å². The van der Waals surface area contributed by atoms with E-state index in [1.807, 2.05) is 6.07 Å². The molecule has 0 heterocycles. The van der Waals surface area contributed by atoms with Crippen LogP contribution in [-0.2, 0) is 9.84 Å². The van der Waals surface area contributed by atoms with Crippen molar-refractivity contribution in [1.82, 2.24) is 0 Å². The molecule has 0 fully saturated rings. The molecule has 0 N–H and O–H groups in total. The van der Waals surface area contributed by atoms with Crippen molar-refractivity contribution in [3.63, 3.8) is 0 Å². The van der Waals surface area contributed by atoms with Gasteiger partial charge in [0.2, 0.25) is 6.54 Å². The van der Waals surface area contributed by atoms with Crippen molar-refractivity contribution in [1.29, 1.82) is 10.5 Å². The SMILES string of the molecule is [C-]#[N+]CCC(C#N)(CCC#N)S(C)(=O)=O. The standard InChI is InChI=1S/C9H11N3O2S/c1-12-7-5-9(8-11,4-3-6-10)15(2,13)14/h3-5,7H2,2H3. The number of rotatable bonds is 5. The van der Waals surface area contributed by atoms with Gasteiger partial charge in [0.05, 0.1) is 18.6 Å². The minimum atomic E-state index is -3.58. The van der Waals surface area contributed by atoms with Crippen molar-refractivity contribution in [2.24, 2.45) is 0 Å². The highest BCUT2D eigenvalue weighted by Crippen LogP contribution is 2.26. The second kappa shape index (κ2) is 5.34. The Hall–Kier alpha value is -1.58. The molecule has 15 heavy (non-hydrogen) atoms. The molecule has 0 bridgehead atoms. The van der Waals surface area contributed by atoms with E-state index in [4.69, 9.17) is 17.1 Å². The van der Waals surface area contributed by atoms with Crippen LogP contribution in [0.1, 0.15) is 19.3 Å². The Morgan fingerprint density at radius 3 is 2.33 bits per heavy atom. The van der Waals surface area contributed by atoms with Gasteiger partial charge in [-0.05, 0) is 6.42 Å². The maximum atomic E-state index is 11.5. The fraction of sp³-hybridized carbons (Fsp3) is 0.667. The van der Waals surface area contributed by atoms with E-state index >= 15 is 0 Å². The molecular weight excluding hydrogens is 214 g/mol. The number of sulfone groups is 1. The number of hydrogen-bond donors (Lipinski definition) is 0. The van der Waals surface area contributed by atoms with Crippen LogP contribution >= 0.6 is 0 Å². The summed E-state index contributed by atoms with van der Waals surface area (Å²) < 4.78 is 21.3. The summed E-state index contributed by atoms with van der Waals surface area (Å²) in [5.74, 6) is 0. The zero-order valence-electron chi connectivity index (χ0n) is 8.39. The first-order valence-corrected chi connectivity index (χ1v) is 6.13. The molecule has 0 aromatic heterocycles. The van der Waals surface area contributed by atoms with E-state index in [-0.39, 0.29) is 25.8 Å². The van der Waals surface area contributed by atoms with E-state index in [2.05, 4.69) is 4.85 Å². The van der Waals surface area contributed by atoms with Gasteiger partial charge in [-0.25, -0.2) is 15.0 Å². The molecule has 0 aliphatic carbocycles. The largest absolute Gasteiger partial charge is 0.317 e. The zero-order valence-corrected chi connectivity index (χ0v) is 9.21. The van der Waals surface area contributed by atoms with E-state index < -0.39 is 14.6 Å². The fourth-order valence-electron chi connectivity index (χ4n) is 1.18. The molecule has 6 heteroatoms. The summed E-state index contributed by atoms with van der Waals surface area (Å²) in [7, 11) is -3.58. The normalized spacial score (nSPS) is 14.3. The number of nitriles is 2. The molecule has 0 aliphatic rings. The topological polar surface area (TPSA) is 86.1 Å². The van der Waals surface area contributed by atoms with Crippen molar-refractivity contribution in [3.8, 4) is 12.1 Å². The number of nitrogens with zero attached hydrogens (tertiary/aromatic N) is 3. The van der Waals surface area contributed by atoms with Gasteiger partial charge in [-0.1, -0.05) is 0 Å². The van der Waals surface area contributed by atoms with Gasteiger partial charge in [-0.3, -0.25) is 0 Å². The van der Waals surface area contributed by atoms with Crippen LogP contribution in [0.5, 0.6) is 0 Å². The Labute approximate surface area is 89.7 Å². The van der Waals surface area contributed by atoms with E-state index in [1.54, 1.807) is 6.07 Å². The highest BCUT2D eigenvalue weighted by atomic mass is 32.2. The van der Waals surface area contributed by atoms with Crippen molar-refractivity contribution in [2.45, 2.75) is 24.0 Å². The Kier molecular flexibility index (Phi) is 4.78. The first-order chi connectivity index (χ1) is 6.93. The van der Waals surface area contributed by atoms with E-state index in [9.17, 15) is 8.42 Å². The smallest absolute Gasteiger partial charge is 0.217 e. The summed E-state index contributed by atoms with van der Waals surface area (Å²) in [4.78, 5) is 3.04. The van der Waals surface area contributed by atoms with Crippen LogP contribution in [0.2, 0.25) is 0 Å². The highest BCUT2D eigenvalue weighted by Gasteiger charge is 2.41. The second-order valence-electron chi connectivity index (χ2n) is 3.17. The Bertz CT molecular complexity index is 415. The molecule has 0 amide bonds. The summed E-state index contributed by atoms with van der Waals surface area (Å²) in [6.07, 6.45) is 0.901. The Morgan fingerprint density at radius 2 is 2.00 bits per heavy atom. The van der Waals surface area contributed by atoms with Gasteiger partial charge in [-0.15, -0.1) is 0 Å². The van der Waals surface area contributed by atoms with Gasteiger partial charge >= 0.3 is 0 Å². The second-order valence-corrected chi connectivity index (χ2v) is 5.49. The van der Waals surface area contributed by atoms with Crippen LogP contribution in [0.3, 0.4) is 0 Å². The predicted molar refractivity (Wildman–Crippen MR) is 54.1 cm³/mol. The van der Waals surface area contributed by atoms with Crippen molar-refractivity contribution >= 4 is 9.84 Å². The van der Waals surface area contributed by atoms with Crippen LogP contribution in [0, 0.1) is 29.2 Å². The lowest BCUT2D eigenvalue weighted by Crippen LogP contribution is -2.37. The number of hydrogen-bond acceptors (Lipinski definition) is 4. The summed E-state index contributed by atoms with van der Waals surface area (Å²) >= 11 is 0. The molecule has 0 radical (unpaired) electrons. The summed E-state index contributed by atoms with van der Waals surface area (Å²) in [6.45, 7) is 6.57. The lowest BCUT2D eigenvalue weighted by atomic mass is 10.0. The monoisotopic (exact) mass is 225 g/mol. The first-order valence-electron chi connectivity index (χ1n) is 4.24.